The average Bonchev–Trinajstić information content (AvgIpc) is 3.67. The van der Waals surface area contributed by atoms with Crippen molar-refractivity contribution in [1.82, 2.24) is 39.1 Å². The van der Waals surface area contributed by atoms with Crippen molar-refractivity contribution in [2.24, 2.45) is 0 Å². The number of aromatic nitrogens is 8. The zero-order valence-electron chi connectivity index (χ0n) is 20.6. The van der Waals surface area contributed by atoms with E-state index in [-0.39, 0.29) is 34.9 Å². The number of nitrogens with two attached hydrogens (primary N) is 1. The molecule has 21 heteroatoms. The Bertz CT molecular complexity index is 1800. The minimum Gasteiger partial charge on any atom is -0.387 e. The summed E-state index contributed by atoms with van der Waals surface area (Å²) in [5.41, 5.74) is 4.74. The number of rotatable bonds is 2. The predicted molar refractivity (Wildman–Crippen MR) is 130 cm³/mol. The van der Waals surface area contributed by atoms with Gasteiger partial charge in [-0.1, -0.05) is 0 Å². The molecule has 218 valence electrons. The van der Waals surface area contributed by atoms with Gasteiger partial charge in [-0.25, -0.2) is 19.3 Å². The van der Waals surface area contributed by atoms with Gasteiger partial charge in [0.1, 0.15) is 42.7 Å². The molecule has 0 aromatic carbocycles. The molecule has 0 aliphatic carbocycles. The lowest BCUT2D eigenvalue weighted by Gasteiger charge is -2.25. The highest BCUT2D eigenvalue weighted by molar-refractivity contribution is 7.47. The van der Waals surface area contributed by atoms with Crippen molar-refractivity contribution in [1.29, 1.82) is 0 Å². The van der Waals surface area contributed by atoms with Gasteiger partial charge in [0, 0.05) is 5.56 Å². The van der Waals surface area contributed by atoms with Crippen molar-refractivity contribution in [3.05, 3.63) is 45.3 Å². The number of aliphatic hydroxyl groups is 2. The van der Waals surface area contributed by atoms with Crippen LogP contribution in [0.15, 0.2) is 28.4 Å². The van der Waals surface area contributed by atoms with Crippen LogP contribution in [0, 0.1) is 0 Å². The fourth-order valence-corrected chi connectivity index (χ4v) is 6.19. The molecule has 4 aromatic heterocycles. The number of aliphatic hydroxyl groups excluding tert-OH is 2. The molecule has 3 saturated heterocycles. The molecule has 41 heavy (non-hydrogen) atoms. The SMILES string of the molecule is Nc1nc2c(ncn2[C@@H]2OC3COC4C(COP(=O)(O)OC2C3O)OC(c2cnn3c(=O)[nH]cnc23)C4O)c(=O)[nH]1. The lowest BCUT2D eigenvalue weighted by molar-refractivity contribution is -0.112. The van der Waals surface area contributed by atoms with Crippen molar-refractivity contribution in [2.75, 3.05) is 18.9 Å². The highest BCUT2D eigenvalue weighted by atomic mass is 31.2. The first-order chi connectivity index (χ1) is 19.6. The number of hydrogen-bond acceptors (Lipinski definition) is 15. The monoisotopic (exact) mass is 595 g/mol. The van der Waals surface area contributed by atoms with Crippen molar-refractivity contribution < 1.29 is 42.9 Å². The number of fused-ring (bicyclic) bond motifs is 5. The third kappa shape index (κ3) is 4.28. The summed E-state index contributed by atoms with van der Waals surface area (Å²) in [6.07, 6.45) is -6.56. The van der Waals surface area contributed by atoms with E-state index in [1.165, 1.54) is 23.4 Å². The van der Waals surface area contributed by atoms with Crippen LogP contribution in [0.2, 0.25) is 0 Å². The summed E-state index contributed by atoms with van der Waals surface area (Å²) < 4.78 is 43.6. The first-order valence-electron chi connectivity index (χ1n) is 12.2. The summed E-state index contributed by atoms with van der Waals surface area (Å²) in [6.45, 7) is -0.878. The van der Waals surface area contributed by atoms with Crippen LogP contribution in [-0.4, -0.2) is 104 Å². The lowest BCUT2D eigenvalue weighted by atomic mass is 10.0. The number of aromatic amines is 2. The Morgan fingerprint density at radius 3 is 2.73 bits per heavy atom. The molecule has 7 N–H and O–H groups in total. The fourth-order valence-electron chi connectivity index (χ4n) is 5.26. The highest BCUT2D eigenvalue weighted by Crippen LogP contribution is 2.51. The van der Waals surface area contributed by atoms with E-state index in [4.69, 9.17) is 29.0 Å². The second-order valence-electron chi connectivity index (χ2n) is 9.59. The number of hydrogen-bond donors (Lipinski definition) is 6. The Kier molecular flexibility index (Phi) is 6.08. The molecule has 7 rings (SSSR count). The smallest absolute Gasteiger partial charge is 0.387 e. The summed E-state index contributed by atoms with van der Waals surface area (Å²) in [4.78, 5) is 51.7. The molecular formula is C20H22N9O11P. The van der Waals surface area contributed by atoms with E-state index in [0.717, 1.165) is 4.52 Å². The summed E-state index contributed by atoms with van der Waals surface area (Å²) >= 11 is 0. The number of phosphoric acid groups is 1. The summed E-state index contributed by atoms with van der Waals surface area (Å²) in [7, 11) is -4.90. The van der Waals surface area contributed by atoms with E-state index in [0.29, 0.717) is 0 Å². The summed E-state index contributed by atoms with van der Waals surface area (Å²) in [5, 5.41) is 26.2. The minimum atomic E-state index is -4.90. The third-order valence-electron chi connectivity index (χ3n) is 7.13. The normalized spacial score (nSPS) is 36.0. The largest absolute Gasteiger partial charge is 0.472 e. The molecular weight excluding hydrogens is 573 g/mol. The van der Waals surface area contributed by atoms with Gasteiger partial charge in [0.25, 0.3) is 5.56 Å². The molecule has 9 atom stereocenters. The van der Waals surface area contributed by atoms with E-state index in [1.54, 1.807) is 0 Å². The number of H-pyrrole nitrogens is 2. The third-order valence-corrected chi connectivity index (χ3v) is 8.11. The van der Waals surface area contributed by atoms with Gasteiger partial charge in [-0.05, 0) is 0 Å². The molecule has 3 aliphatic rings. The zero-order valence-corrected chi connectivity index (χ0v) is 21.5. The standard InChI is InChI=1S/C20H22N9O11P/c21-19-26-16-9(17(32)27-19)24-5-28(16)18-14-10(30)7(39-18)2-36-13-8(3-37-41(34,35)40-14)38-12(11(13)31)6-1-25-29-15(6)22-4-23-20(29)33/h1,4-5,7-8,10-14,18,30-31H,2-3H2,(H,34,35)(H,22,23,33)(H3,21,26,27,32)/t7?,8?,10?,11?,12?,13?,14?,18-/m1/s1. The number of phosphoric ester groups is 1. The Morgan fingerprint density at radius 1 is 1.07 bits per heavy atom. The van der Waals surface area contributed by atoms with Crippen LogP contribution in [0.1, 0.15) is 17.9 Å². The van der Waals surface area contributed by atoms with Gasteiger partial charge < -0.3 is 35.1 Å². The quantitative estimate of drug-likeness (QED) is 0.127. The van der Waals surface area contributed by atoms with Gasteiger partial charge in [-0.15, -0.1) is 0 Å². The minimum absolute atomic E-state index is 0.0252. The van der Waals surface area contributed by atoms with Crippen molar-refractivity contribution in [3.63, 3.8) is 0 Å². The van der Waals surface area contributed by atoms with Crippen LogP contribution < -0.4 is 17.0 Å². The molecule has 0 spiro atoms. The van der Waals surface area contributed by atoms with Crippen LogP contribution >= 0.6 is 7.82 Å². The molecule has 0 radical (unpaired) electrons. The Labute approximate surface area is 226 Å². The van der Waals surface area contributed by atoms with Crippen molar-refractivity contribution >= 4 is 30.6 Å². The van der Waals surface area contributed by atoms with E-state index in [2.05, 4.69) is 30.0 Å². The number of nitrogen functional groups attached to an aromatic ring is 1. The summed E-state index contributed by atoms with van der Waals surface area (Å²) in [5.74, 6) is -0.215. The van der Waals surface area contributed by atoms with Crippen LogP contribution in [0.3, 0.4) is 0 Å². The second-order valence-corrected chi connectivity index (χ2v) is 11.0. The maximum Gasteiger partial charge on any atom is 0.472 e. The first-order valence-corrected chi connectivity index (χ1v) is 13.7. The topological polar surface area (TPSA) is 277 Å². The lowest BCUT2D eigenvalue weighted by Crippen LogP contribution is -2.40. The molecule has 20 nitrogen and oxygen atoms in total. The number of imidazole rings is 1. The maximum atomic E-state index is 13.0. The zero-order chi connectivity index (χ0) is 28.6. The highest BCUT2D eigenvalue weighted by Gasteiger charge is 2.53. The molecule has 0 amide bonds. The number of nitrogens with one attached hydrogen (secondary N) is 2. The van der Waals surface area contributed by atoms with Crippen molar-refractivity contribution in [2.45, 2.75) is 49.0 Å². The van der Waals surface area contributed by atoms with E-state index in [1.807, 2.05) is 0 Å². The Morgan fingerprint density at radius 2 is 1.90 bits per heavy atom. The van der Waals surface area contributed by atoms with Crippen LogP contribution in [0.5, 0.6) is 0 Å². The van der Waals surface area contributed by atoms with Gasteiger partial charge in [0.2, 0.25) is 5.95 Å². The van der Waals surface area contributed by atoms with Crippen LogP contribution in [0.4, 0.5) is 5.95 Å². The van der Waals surface area contributed by atoms with Crippen LogP contribution in [0.25, 0.3) is 16.8 Å². The van der Waals surface area contributed by atoms with E-state index >= 15 is 0 Å². The average molecular weight is 595 g/mol. The molecule has 2 bridgehead atoms. The van der Waals surface area contributed by atoms with Gasteiger partial charge in [0.05, 0.1) is 32.1 Å². The molecule has 0 saturated carbocycles. The first kappa shape index (κ1) is 26.3. The molecule has 8 unspecified atom stereocenters. The Hall–Kier alpha value is -3.59. The fraction of sp³-hybridized carbons (Fsp3) is 0.500. The molecule has 3 aliphatic heterocycles. The van der Waals surface area contributed by atoms with Gasteiger partial charge in [0.15, 0.2) is 23.0 Å². The predicted octanol–water partition coefficient (Wildman–Crippen LogP) is -2.91. The van der Waals surface area contributed by atoms with Gasteiger partial charge in [-0.3, -0.25) is 28.4 Å². The molecule has 7 heterocycles. The Balaban J connectivity index is 1.21. The van der Waals surface area contributed by atoms with E-state index < -0.39 is 74.6 Å². The number of ether oxygens (including phenoxy) is 3. The second kappa shape index (κ2) is 9.48. The molecule has 3 fully saturated rings. The van der Waals surface area contributed by atoms with Crippen molar-refractivity contribution in [3.8, 4) is 0 Å². The van der Waals surface area contributed by atoms with Gasteiger partial charge in [-0.2, -0.15) is 14.6 Å². The van der Waals surface area contributed by atoms with E-state index in [9.17, 15) is 29.3 Å². The maximum absolute atomic E-state index is 13.0. The van der Waals surface area contributed by atoms with Gasteiger partial charge >= 0.3 is 13.5 Å². The molecule has 4 aromatic rings. The summed E-state index contributed by atoms with van der Waals surface area (Å²) in [6, 6.07) is 0. The number of nitrogens with zero attached hydrogens (tertiary/aromatic N) is 6. The van der Waals surface area contributed by atoms with Crippen LogP contribution in [-0.2, 0) is 27.8 Å². The number of anilines is 1.